The van der Waals surface area contributed by atoms with Crippen molar-refractivity contribution in [2.45, 2.75) is 45.8 Å². The number of aliphatic hydroxyl groups excluding tert-OH is 1. The molecule has 0 aromatic carbocycles. The molecule has 19 heavy (non-hydrogen) atoms. The first-order chi connectivity index (χ1) is 8.86. The van der Waals surface area contributed by atoms with E-state index < -0.39 is 17.1 Å². The van der Waals surface area contributed by atoms with E-state index in [0.717, 1.165) is 25.5 Å². The van der Waals surface area contributed by atoms with Gasteiger partial charge in [-0.15, -0.1) is 0 Å². The second-order valence-electron chi connectivity index (χ2n) is 7.49. The van der Waals surface area contributed by atoms with Gasteiger partial charge in [-0.1, -0.05) is 19.4 Å². The average molecular weight is 262 g/mol. The predicted molar refractivity (Wildman–Crippen MR) is 65.8 cm³/mol. The maximum absolute atomic E-state index is 12.1. The SMILES string of the molecule is CC1(C)CC2=C(C=O)[C@@]34C[C@]3(C[C@@H]2C1)C(=O)OC4O. The summed E-state index contributed by atoms with van der Waals surface area (Å²) in [6, 6.07) is 0. The Labute approximate surface area is 111 Å². The van der Waals surface area contributed by atoms with Crippen LogP contribution in [0.5, 0.6) is 0 Å². The van der Waals surface area contributed by atoms with Crippen LogP contribution in [0.25, 0.3) is 0 Å². The van der Waals surface area contributed by atoms with Gasteiger partial charge in [0.1, 0.15) is 6.29 Å². The van der Waals surface area contributed by atoms with Crippen molar-refractivity contribution in [2.75, 3.05) is 0 Å². The maximum atomic E-state index is 12.1. The number of cyclic esters (lactones) is 1. The number of aldehydes is 1. The van der Waals surface area contributed by atoms with Gasteiger partial charge < -0.3 is 9.84 Å². The van der Waals surface area contributed by atoms with Crippen molar-refractivity contribution in [3.8, 4) is 0 Å². The molecule has 1 aliphatic heterocycles. The number of fused-ring (bicyclic) bond motifs is 1. The number of carbonyl (C=O) groups excluding carboxylic acids is 2. The molecule has 0 aromatic heterocycles. The smallest absolute Gasteiger partial charge is 0.315 e. The second kappa shape index (κ2) is 2.95. The number of hydrogen-bond acceptors (Lipinski definition) is 4. The third kappa shape index (κ3) is 1.07. The first kappa shape index (κ1) is 11.6. The average Bonchev–Trinajstić information content (AvgIpc) is 2.83. The van der Waals surface area contributed by atoms with Crippen molar-refractivity contribution in [2.24, 2.45) is 22.2 Å². The molecule has 2 saturated carbocycles. The summed E-state index contributed by atoms with van der Waals surface area (Å²) in [5.41, 5.74) is 0.717. The zero-order valence-corrected chi connectivity index (χ0v) is 11.2. The molecule has 1 saturated heterocycles. The fourth-order valence-electron chi connectivity index (χ4n) is 5.07. The predicted octanol–water partition coefficient (Wildman–Crippen LogP) is 1.57. The lowest BCUT2D eigenvalue weighted by Crippen LogP contribution is -2.31. The van der Waals surface area contributed by atoms with Crippen LogP contribution in [0.2, 0.25) is 0 Å². The van der Waals surface area contributed by atoms with Crippen molar-refractivity contribution in [3.63, 3.8) is 0 Å². The van der Waals surface area contributed by atoms with E-state index in [0.29, 0.717) is 17.9 Å². The summed E-state index contributed by atoms with van der Waals surface area (Å²) in [7, 11) is 0. The lowest BCUT2D eigenvalue weighted by molar-refractivity contribution is -0.164. The molecule has 0 radical (unpaired) electrons. The first-order valence-electron chi connectivity index (χ1n) is 6.94. The molecule has 102 valence electrons. The molecule has 0 bridgehead atoms. The molecule has 3 aliphatic carbocycles. The third-order valence-corrected chi connectivity index (χ3v) is 5.84. The molecule has 4 nitrogen and oxygen atoms in total. The Bertz CT molecular complexity index is 546. The standard InChI is InChI=1S/C15H18O4/c1-13(2)3-8-4-14-7-15(14,12(18)19-11(14)17)10(6-16)9(8)5-13/h6,8,12,18H,3-5,7H2,1-2H3/t8-,12?,14+,15+/m0/s1. The maximum Gasteiger partial charge on any atom is 0.315 e. The zero-order valence-electron chi connectivity index (χ0n) is 11.2. The molecular formula is C15H18O4. The molecule has 1 N–H and O–H groups in total. The Morgan fingerprint density at radius 3 is 2.79 bits per heavy atom. The fourth-order valence-corrected chi connectivity index (χ4v) is 5.07. The summed E-state index contributed by atoms with van der Waals surface area (Å²) in [5.74, 6) is 0.00628. The van der Waals surface area contributed by atoms with E-state index in [9.17, 15) is 14.7 Å². The van der Waals surface area contributed by atoms with Gasteiger partial charge in [0.2, 0.25) is 6.29 Å². The highest BCUT2D eigenvalue weighted by Gasteiger charge is 2.84. The van der Waals surface area contributed by atoms with Gasteiger partial charge in [-0.2, -0.15) is 0 Å². The molecule has 1 unspecified atom stereocenters. The summed E-state index contributed by atoms with van der Waals surface area (Å²) in [5, 5.41) is 10.1. The van der Waals surface area contributed by atoms with Crippen molar-refractivity contribution < 1.29 is 19.4 Å². The zero-order chi connectivity index (χ0) is 13.6. The van der Waals surface area contributed by atoms with E-state index in [-0.39, 0.29) is 11.4 Å². The Kier molecular flexibility index (Phi) is 1.81. The molecule has 4 rings (SSSR count). The highest BCUT2D eigenvalue weighted by atomic mass is 16.6. The summed E-state index contributed by atoms with van der Waals surface area (Å²) >= 11 is 0. The highest BCUT2D eigenvalue weighted by molar-refractivity contribution is 5.93. The summed E-state index contributed by atoms with van der Waals surface area (Å²) in [6.45, 7) is 4.40. The number of ether oxygens (including phenoxy) is 1. The molecule has 0 aromatic rings. The van der Waals surface area contributed by atoms with Crippen LogP contribution in [-0.2, 0) is 14.3 Å². The molecule has 4 atom stereocenters. The van der Waals surface area contributed by atoms with Crippen molar-refractivity contribution >= 4 is 12.3 Å². The van der Waals surface area contributed by atoms with E-state index in [2.05, 4.69) is 13.8 Å². The van der Waals surface area contributed by atoms with Gasteiger partial charge >= 0.3 is 5.97 Å². The Morgan fingerprint density at radius 2 is 2.11 bits per heavy atom. The topological polar surface area (TPSA) is 63.6 Å². The normalized spacial score (nSPS) is 49.3. The molecular weight excluding hydrogens is 244 g/mol. The van der Waals surface area contributed by atoms with Crippen LogP contribution in [0.15, 0.2) is 11.1 Å². The van der Waals surface area contributed by atoms with Crippen LogP contribution in [0.4, 0.5) is 0 Å². The fraction of sp³-hybridized carbons (Fsp3) is 0.733. The number of aliphatic hydroxyl groups is 1. The molecule has 4 aliphatic rings. The van der Waals surface area contributed by atoms with E-state index in [1.54, 1.807) is 0 Å². The Balaban J connectivity index is 1.90. The van der Waals surface area contributed by atoms with Crippen LogP contribution in [-0.4, -0.2) is 23.7 Å². The van der Waals surface area contributed by atoms with Gasteiger partial charge in [0.25, 0.3) is 0 Å². The van der Waals surface area contributed by atoms with Gasteiger partial charge in [-0.25, -0.2) is 0 Å². The van der Waals surface area contributed by atoms with Gasteiger partial charge in [0.05, 0.1) is 10.8 Å². The second-order valence-corrected chi connectivity index (χ2v) is 7.49. The largest absolute Gasteiger partial charge is 0.434 e. The third-order valence-electron chi connectivity index (χ3n) is 5.84. The molecule has 0 amide bonds. The minimum atomic E-state index is -1.13. The Morgan fingerprint density at radius 1 is 1.37 bits per heavy atom. The van der Waals surface area contributed by atoms with E-state index in [1.807, 2.05) is 0 Å². The number of rotatable bonds is 1. The number of hydrogen-bond donors (Lipinski definition) is 1. The number of esters is 1. The minimum Gasteiger partial charge on any atom is -0.434 e. The van der Waals surface area contributed by atoms with E-state index >= 15 is 0 Å². The minimum absolute atomic E-state index is 0.182. The van der Waals surface area contributed by atoms with Crippen molar-refractivity contribution in [1.29, 1.82) is 0 Å². The quantitative estimate of drug-likeness (QED) is 0.575. The van der Waals surface area contributed by atoms with Crippen LogP contribution in [0.1, 0.15) is 39.5 Å². The first-order valence-corrected chi connectivity index (χ1v) is 6.94. The molecule has 4 heteroatoms. The lowest BCUT2D eigenvalue weighted by atomic mass is 9.72. The Hall–Kier alpha value is -1.16. The molecule has 0 spiro atoms. The summed E-state index contributed by atoms with van der Waals surface area (Å²) in [4.78, 5) is 23.7. The molecule has 1 heterocycles. The highest BCUT2D eigenvalue weighted by Crippen LogP contribution is 2.80. The van der Waals surface area contributed by atoms with Crippen molar-refractivity contribution in [1.82, 2.24) is 0 Å². The van der Waals surface area contributed by atoms with E-state index in [1.165, 1.54) is 5.57 Å². The van der Waals surface area contributed by atoms with Crippen LogP contribution in [0, 0.1) is 22.2 Å². The van der Waals surface area contributed by atoms with Crippen LogP contribution < -0.4 is 0 Å². The van der Waals surface area contributed by atoms with Crippen LogP contribution in [0.3, 0.4) is 0 Å². The number of allylic oxidation sites excluding steroid dienone is 1. The number of carbonyl (C=O) groups is 2. The summed E-state index contributed by atoms with van der Waals surface area (Å²) in [6.07, 6.45) is 2.99. The molecule has 3 fully saturated rings. The lowest BCUT2D eigenvalue weighted by Gasteiger charge is -2.28. The van der Waals surface area contributed by atoms with Crippen LogP contribution >= 0.6 is 0 Å². The van der Waals surface area contributed by atoms with Gasteiger partial charge in [0, 0.05) is 5.57 Å². The van der Waals surface area contributed by atoms with Gasteiger partial charge in [-0.3, -0.25) is 9.59 Å². The summed E-state index contributed by atoms with van der Waals surface area (Å²) < 4.78 is 5.02. The van der Waals surface area contributed by atoms with Crippen molar-refractivity contribution in [3.05, 3.63) is 11.1 Å². The van der Waals surface area contributed by atoms with Gasteiger partial charge in [0.15, 0.2) is 0 Å². The van der Waals surface area contributed by atoms with Gasteiger partial charge in [-0.05, 0) is 37.0 Å². The van der Waals surface area contributed by atoms with E-state index in [4.69, 9.17) is 4.74 Å². The monoisotopic (exact) mass is 262 g/mol.